The smallest absolute Gasteiger partial charge is 0.325 e. The SMILES string of the molecule is CCCCCCCCCCCCCCCCCC(=O)NC(=O)Nc1ccc(O)cc1. The van der Waals surface area contributed by atoms with E-state index in [0.717, 1.165) is 19.3 Å². The summed E-state index contributed by atoms with van der Waals surface area (Å²) in [6.45, 7) is 2.26. The van der Waals surface area contributed by atoms with Crippen molar-refractivity contribution in [1.82, 2.24) is 5.32 Å². The number of phenolic OH excluding ortho intramolecular Hbond substituents is 1. The molecule has 0 aromatic heterocycles. The average Bonchev–Trinajstić information content (AvgIpc) is 2.72. The summed E-state index contributed by atoms with van der Waals surface area (Å²) in [7, 11) is 0. The number of imide groups is 1. The normalized spacial score (nSPS) is 10.7. The van der Waals surface area contributed by atoms with Crippen molar-refractivity contribution >= 4 is 17.6 Å². The fraction of sp³-hybridized carbons (Fsp3) is 0.680. The van der Waals surface area contributed by atoms with E-state index < -0.39 is 6.03 Å². The minimum Gasteiger partial charge on any atom is -0.508 e. The van der Waals surface area contributed by atoms with Crippen molar-refractivity contribution in [2.75, 3.05) is 5.32 Å². The van der Waals surface area contributed by atoms with Crippen LogP contribution in [0, 0.1) is 0 Å². The van der Waals surface area contributed by atoms with Gasteiger partial charge in [0.15, 0.2) is 0 Å². The van der Waals surface area contributed by atoms with Gasteiger partial charge in [-0.3, -0.25) is 10.1 Å². The van der Waals surface area contributed by atoms with Crippen LogP contribution in [0.1, 0.15) is 110 Å². The fourth-order valence-corrected chi connectivity index (χ4v) is 3.55. The molecule has 1 aromatic rings. The number of carbonyl (C=O) groups excluding carboxylic acids is 2. The topological polar surface area (TPSA) is 78.4 Å². The molecule has 3 amide bonds. The summed E-state index contributed by atoms with van der Waals surface area (Å²) in [5.41, 5.74) is 0.532. The van der Waals surface area contributed by atoms with Crippen molar-refractivity contribution in [1.29, 1.82) is 0 Å². The zero-order valence-corrected chi connectivity index (χ0v) is 18.9. The highest BCUT2D eigenvalue weighted by atomic mass is 16.3. The molecule has 5 heteroatoms. The Balaban J connectivity index is 1.86. The van der Waals surface area contributed by atoms with Crippen LogP contribution in [0.25, 0.3) is 0 Å². The summed E-state index contributed by atoms with van der Waals surface area (Å²) in [6.07, 6.45) is 19.7. The lowest BCUT2D eigenvalue weighted by Crippen LogP contribution is -2.34. The lowest BCUT2D eigenvalue weighted by Gasteiger charge is -2.07. The maximum Gasteiger partial charge on any atom is 0.325 e. The number of unbranched alkanes of at least 4 members (excludes halogenated alkanes) is 14. The van der Waals surface area contributed by atoms with Crippen LogP contribution in [0.4, 0.5) is 10.5 Å². The third-order valence-corrected chi connectivity index (χ3v) is 5.39. The highest BCUT2D eigenvalue weighted by Gasteiger charge is 2.07. The van der Waals surface area contributed by atoms with E-state index in [-0.39, 0.29) is 11.7 Å². The summed E-state index contributed by atoms with van der Waals surface area (Å²) in [5.74, 6) is -0.119. The van der Waals surface area contributed by atoms with E-state index in [1.165, 1.54) is 89.2 Å². The molecule has 1 rings (SSSR count). The molecule has 1 aromatic carbocycles. The average molecular weight is 419 g/mol. The zero-order valence-electron chi connectivity index (χ0n) is 18.9. The monoisotopic (exact) mass is 418 g/mol. The van der Waals surface area contributed by atoms with Crippen molar-refractivity contribution in [2.24, 2.45) is 0 Å². The summed E-state index contributed by atoms with van der Waals surface area (Å²) < 4.78 is 0. The maximum absolute atomic E-state index is 11.8. The van der Waals surface area contributed by atoms with E-state index in [4.69, 9.17) is 0 Å². The molecule has 0 radical (unpaired) electrons. The first-order valence-corrected chi connectivity index (χ1v) is 12.0. The number of amides is 3. The van der Waals surface area contributed by atoms with Crippen molar-refractivity contribution in [2.45, 2.75) is 110 Å². The predicted molar refractivity (Wildman–Crippen MR) is 125 cm³/mol. The molecule has 170 valence electrons. The van der Waals surface area contributed by atoms with E-state index in [1.54, 1.807) is 12.1 Å². The zero-order chi connectivity index (χ0) is 21.9. The lowest BCUT2D eigenvalue weighted by atomic mass is 10.0. The number of hydrogen-bond donors (Lipinski definition) is 3. The Bertz CT molecular complexity index is 572. The number of phenols is 1. The van der Waals surface area contributed by atoms with Crippen molar-refractivity contribution in [3.63, 3.8) is 0 Å². The number of urea groups is 1. The van der Waals surface area contributed by atoms with Crippen molar-refractivity contribution < 1.29 is 14.7 Å². The van der Waals surface area contributed by atoms with Gasteiger partial charge in [-0.05, 0) is 30.7 Å². The molecule has 0 aliphatic rings. The third-order valence-electron chi connectivity index (χ3n) is 5.39. The van der Waals surface area contributed by atoms with Gasteiger partial charge in [-0.2, -0.15) is 0 Å². The number of aromatic hydroxyl groups is 1. The minimum atomic E-state index is -0.536. The highest BCUT2D eigenvalue weighted by molar-refractivity contribution is 6.01. The first-order chi connectivity index (χ1) is 14.6. The molecule has 0 heterocycles. The van der Waals surface area contributed by atoms with Gasteiger partial charge in [-0.15, -0.1) is 0 Å². The van der Waals surface area contributed by atoms with Gasteiger partial charge in [-0.25, -0.2) is 4.79 Å². The molecular formula is C25H42N2O3. The quantitative estimate of drug-likeness (QED) is 0.183. The van der Waals surface area contributed by atoms with Gasteiger partial charge in [0.2, 0.25) is 5.91 Å². The van der Waals surface area contributed by atoms with Gasteiger partial charge in [0.1, 0.15) is 5.75 Å². The molecule has 30 heavy (non-hydrogen) atoms. The molecule has 0 saturated carbocycles. The molecular weight excluding hydrogens is 376 g/mol. The van der Waals surface area contributed by atoms with E-state index >= 15 is 0 Å². The highest BCUT2D eigenvalue weighted by Crippen LogP contribution is 2.14. The van der Waals surface area contributed by atoms with Crippen molar-refractivity contribution in [3.05, 3.63) is 24.3 Å². The maximum atomic E-state index is 11.8. The van der Waals surface area contributed by atoms with Gasteiger partial charge in [0.25, 0.3) is 0 Å². The Morgan fingerprint density at radius 3 is 1.60 bits per heavy atom. The van der Waals surface area contributed by atoms with Crippen LogP contribution >= 0.6 is 0 Å². The second kappa shape index (κ2) is 17.8. The summed E-state index contributed by atoms with van der Waals surface area (Å²) in [6, 6.07) is 5.58. The molecule has 0 saturated heterocycles. The van der Waals surface area contributed by atoms with E-state index in [2.05, 4.69) is 17.6 Å². The summed E-state index contributed by atoms with van der Waals surface area (Å²) in [5, 5.41) is 14.1. The van der Waals surface area contributed by atoms with Crippen LogP contribution in [0.5, 0.6) is 5.75 Å². The van der Waals surface area contributed by atoms with Crippen molar-refractivity contribution in [3.8, 4) is 5.75 Å². The fourth-order valence-electron chi connectivity index (χ4n) is 3.55. The number of carbonyl (C=O) groups is 2. The molecule has 0 aliphatic carbocycles. The summed E-state index contributed by atoms with van der Waals surface area (Å²) >= 11 is 0. The molecule has 0 atom stereocenters. The number of benzene rings is 1. The van der Waals surface area contributed by atoms with Crippen LogP contribution in [0.3, 0.4) is 0 Å². The number of rotatable bonds is 17. The first-order valence-electron chi connectivity index (χ1n) is 12.0. The molecule has 0 spiro atoms. The summed E-state index contributed by atoms with van der Waals surface area (Å²) in [4.78, 5) is 23.6. The predicted octanol–water partition coefficient (Wildman–Crippen LogP) is 7.30. The van der Waals surface area contributed by atoms with E-state index in [1.807, 2.05) is 0 Å². The largest absolute Gasteiger partial charge is 0.508 e. The van der Waals surface area contributed by atoms with Crippen LogP contribution in [0.15, 0.2) is 24.3 Å². The Hall–Kier alpha value is -2.04. The molecule has 0 aliphatic heterocycles. The van der Waals surface area contributed by atoms with Gasteiger partial charge in [0.05, 0.1) is 0 Å². The molecule has 0 unspecified atom stereocenters. The van der Waals surface area contributed by atoms with Crippen LogP contribution < -0.4 is 10.6 Å². The van der Waals surface area contributed by atoms with Crippen LogP contribution in [-0.4, -0.2) is 17.0 Å². The Morgan fingerprint density at radius 1 is 0.700 bits per heavy atom. The number of nitrogens with one attached hydrogen (secondary N) is 2. The lowest BCUT2D eigenvalue weighted by molar-refractivity contribution is -0.120. The molecule has 0 bridgehead atoms. The van der Waals surface area contributed by atoms with Gasteiger partial charge in [0, 0.05) is 12.1 Å². The standard InChI is InChI=1S/C25H42N2O3/c1-2-3-4-5-6-7-8-9-10-11-12-13-14-15-16-17-24(29)27-25(30)26-22-18-20-23(28)21-19-22/h18-21,28H,2-17H2,1H3,(H2,26,27,29,30). The van der Waals surface area contributed by atoms with E-state index in [9.17, 15) is 14.7 Å². The van der Waals surface area contributed by atoms with Gasteiger partial charge in [-0.1, -0.05) is 96.8 Å². The number of hydrogen-bond acceptors (Lipinski definition) is 3. The Labute approximate surface area is 183 Å². The van der Waals surface area contributed by atoms with E-state index in [0.29, 0.717) is 12.1 Å². The molecule has 0 fully saturated rings. The second-order valence-electron chi connectivity index (χ2n) is 8.25. The first kappa shape index (κ1) is 26.0. The van der Waals surface area contributed by atoms with Crippen LogP contribution in [0.2, 0.25) is 0 Å². The van der Waals surface area contributed by atoms with Crippen LogP contribution in [-0.2, 0) is 4.79 Å². The van der Waals surface area contributed by atoms with Gasteiger partial charge < -0.3 is 10.4 Å². The Kier molecular flexibility index (Phi) is 15.4. The second-order valence-corrected chi connectivity index (χ2v) is 8.25. The Morgan fingerprint density at radius 2 is 1.13 bits per heavy atom. The molecule has 5 nitrogen and oxygen atoms in total. The third kappa shape index (κ3) is 14.9. The van der Waals surface area contributed by atoms with Gasteiger partial charge >= 0.3 is 6.03 Å². The molecule has 3 N–H and O–H groups in total. The minimum absolute atomic E-state index is 0.130. The number of anilines is 1.